The van der Waals surface area contributed by atoms with Crippen LogP contribution in [-0.4, -0.2) is 39.7 Å². The first-order valence-electron chi connectivity index (χ1n) is 8.59. The van der Waals surface area contributed by atoms with Crippen molar-refractivity contribution in [1.29, 1.82) is 0 Å². The zero-order valence-electron chi connectivity index (χ0n) is 14.3. The lowest BCUT2D eigenvalue weighted by molar-refractivity contribution is 0.0674. The Balaban J connectivity index is 1.29. The topological polar surface area (TPSA) is 63.3 Å². The van der Waals surface area contributed by atoms with Gasteiger partial charge in [0.2, 0.25) is 0 Å². The maximum atomic E-state index is 12.0. The lowest BCUT2D eigenvalue weighted by Gasteiger charge is -2.45. The summed E-state index contributed by atoms with van der Waals surface area (Å²) < 4.78 is 7.04. The molecule has 1 aliphatic carbocycles. The van der Waals surface area contributed by atoms with Crippen LogP contribution in [0.2, 0.25) is 0 Å². The van der Waals surface area contributed by atoms with Gasteiger partial charge in [-0.1, -0.05) is 0 Å². The van der Waals surface area contributed by atoms with E-state index in [2.05, 4.69) is 28.4 Å². The second-order valence-electron chi connectivity index (χ2n) is 7.43. The number of carbonyl (C=O) groups excluding carboxylic acids is 1. The van der Waals surface area contributed by atoms with Crippen LogP contribution in [0.4, 0.5) is 0 Å². The Bertz CT molecular complexity index is 728. The first-order chi connectivity index (χ1) is 11.5. The molecule has 1 aliphatic heterocycles. The van der Waals surface area contributed by atoms with Gasteiger partial charge in [-0.2, -0.15) is 5.10 Å². The molecule has 2 aromatic rings. The number of carbonyl (C=O) groups is 1. The van der Waals surface area contributed by atoms with Crippen molar-refractivity contribution in [2.75, 3.05) is 13.1 Å². The number of hydrogen-bond acceptors (Lipinski definition) is 4. The fraction of sp³-hybridized carbons (Fsp3) is 0.556. The van der Waals surface area contributed by atoms with Gasteiger partial charge >= 0.3 is 0 Å². The van der Waals surface area contributed by atoms with Crippen LogP contribution < -0.4 is 5.32 Å². The largest absolute Gasteiger partial charge is 0.459 e. The SMILES string of the molecule is Cc1nn(C)cc1CN1CCC2(CC(NC(=O)c3ccco3)C2)C1. The van der Waals surface area contributed by atoms with Gasteiger partial charge in [-0.05, 0) is 50.3 Å². The summed E-state index contributed by atoms with van der Waals surface area (Å²) in [5, 5.41) is 7.51. The van der Waals surface area contributed by atoms with Crippen molar-refractivity contribution in [2.45, 2.75) is 38.8 Å². The third-order valence-electron chi connectivity index (χ3n) is 5.47. The van der Waals surface area contributed by atoms with Gasteiger partial charge in [0.15, 0.2) is 5.76 Å². The molecule has 0 aromatic carbocycles. The number of rotatable bonds is 4. The van der Waals surface area contributed by atoms with Crippen LogP contribution in [0.3, 0.4) is 0 Å². The summed E-state index contributed by atoms with van der Waals surface area (Å²) in [7, 11) is 1.97. The van der Waals surface area contributed by atoms with Gasteiger partial charge in [-0.3, -0.25) is 14.4 Å². The molecule has 0 radical (unpaired) electrons. The van der Waals surface area contributed by atoms with Crippen molar-refractivity contribution >= 4 is 5.91 Å². The summed E-state index contributed by atoms with van der Waals surface area (Å²) in [6.45, 7) is 5.30. The minimum absolute atomic E-state index is 0.0966. The highest BCUT2D eigenvalue weighted by Gasteiger charge is 2.48. The molecule has 6 nitrogen and oxygen atoms in total. The number of nitrogens with zero attached hydrogens (tertiary/aromatic N) is 3. The Kier molecular flexibility index (Phi) is 3.72. The summed E-state index contributed by atoms with van der Waals surface area (Å²) >= 11 is 0. The molecule has 6 heteroatoms. The first kappa shape index (κ1) is 15.4. The number of nitrogens with one attached hydrogen (secondary N) is 1. The van der Waals surface area contributed by atoms with Crippen LogP contribution in [0, 0.1) is 12.3 Å². The summed E-state index contributed by atoms with van der Waals surface area (Å²) in [5.74, 6) is 0.303. The molecule has 4 rings (SSSR count). The van der Waals surface area contributed by atoms with E-state index in [0.717, 1.165) is 38.2 Å². The molecule has 1 saturated carbocycles. The van der Waals surface area contributed by atoms with Gasteiger partial charge in [0.25, 0.3) is 5.91 Å². The van der Waals surface area contributed by atoms with Gasteiger partial charge in [0.1, 0.15) is 0 Å². The van der Waals surface area contributed by atoms with Crippen molar-refractivity contribution in [3.63, 3.8) is 0 Å². The minimum Gasteiger partial charge on any atom is -0.459 e. The Morgan fingerprint density at radius 1 is 1.50 bits per heavy atom. The minimum atomic E-state index is -0.0966. The molecule has 128 valence electrons. The standard InChI is InChI=1S/C18H24N4O2/c1-13-14(10-21(2)20-13)11-22-6-5-18(12-22)8-15(9-18)19-17(23)16-4-3-7-24-16/h3-4,7,10,15H,5-6,8-9,11-12H2,1-2H3,(H,19,23). The lowest BCUT2D eigenvalue weighted by atomic mass is 9.65. The first-order valence-corrected chi connectivity index (χ1v) is 8.59. The Hall–Kier alpha value is -2.08. The van der Waals surface area contributed by atoms with Crippen molar-refractivity contribution in [3.8, 4) is 0 Å². The smallest absolute Gasteiger partial charge is 0.287 e. The maximum Gasteiger partial charge on any atom is 0.287 e. The average Bonchev–Trinajstić information content (AvgIpc) is 3.20. The van der Waals surface area contributed by atoms with Crippen LogP contribution in [-0.2, 0) is 13.6 Å². The maximum absolute atomic E-state index is 12.0. The monoisotopic (exact) mass is 328 g/mol. The second kappa shape index (κ2) is 5.77. The highest BCUT2D eigenvalue weighted by molar-refractivity contribution is 5.91. The molecule has 0 bridgehead atoms. The van der Waals surface area contributed by atoms with E-state index in [0.29, 0.717) is 11.2 Å². The van der Waals surface area contributed by atoms with E-state index in [-0.39, 0.29) is 11.9 Å². The van der Waals surface area contributed by atoms with Crippen molar-refractivity contribution in [1.82, 2.24) is 20.0 Å². The van der Waals surface area contributed by atoms with E-state index in [1.807, 2.05) is 11.7 Å². The Labute approximate surface area is 141 Å². The molecule has 1 spiro atoms. The van der Waals surface area contributed by atoms with Crippen LogP contribution in [0.5, 0.6) is 0 Å². The lowest BCUT2D eigenvalue weighted by Crippen LogP contribution is -2.51. The van der Waals surface area contributed by atoms with Gasteiger partial charge in [0, 0.05) is 37.9 Å². The van der Waals surface area contributed by atoms with Crippen molar-refractivity contribution < 1.29 is 9.21 Å². The highest BCUT2D eigenvalue weighted by atomic mass is 16.3. The van der Waals surface area contributed by atoms with Gasteiger partial charge in [-0.25, -0.2) is 0 Å². The van der Waals surface area contributed by atoms with E-state index in [1.54, 1.807) is 12.1 Å². The van der Waals surface area contributed by atoms with Gasteiger partial charge in [-0.15, -0.1) is 0 Å². The molecule has 3 heterocycles. The molecule has 24 heavy (non-hydrogen) atoms. The molecular weight excluding hydrogens is 304 g/mol. The zero-order chi connectivity index (χ0) is 16.7. The number of hydrogen-bond donors (Lipinski definition) is 1. The summed E-state index contributed by atoms with van der Waals surface area (Å²) in [5.41, 5.74) is 2.82. The normalized spacial score (nSPS) is 26.7. The van der Waals surface area contributed by atoms with Crippen LogP contribution in [0.15, 0.2) is 29.0 Å². The third kappa shape index (κ3) is 2.86. The Morgan fingerprint density at radius 3 is 3.00 bits per heavy atom. The van der Waals surface area contributed by atoms with Crippen molar-refractivity contribution in [3.05, 3.63) is 41.6 Å². The number of furan rings is 1. The molecule has 0 atom stereocenters. The van der Waals surface area contributed by atoms with Crippen LogP contribution in [0.1, 0.15) is 41.1 Å². The number of aromatic nitrogens is 2. The fourth-order valence-corrected chi connectivity index (χ4v) is 4.29. The predicted molar refractivity (Wildman–Crippen MR) is 89.5 cm³/mol. The van der Waals surface area contributed by atoms with E-state index in [9.17, 15) is 4.79 Å². The van der Waals surface area contributed by atoms with Crippen molar-refractivity contribution in [2.24, 2.45) is 12.5 Å². The molecular formula is C18H24N4O2. The quantitative estimate of drug-likeness (QED) is 0.934. The number of likely N-dealkylation sites (tertiary alicyclic amines) is 1. The molecule has 1 amide bonds. The van der Waals surface area contributed by atoms with Crippen LogP contribution >= 0.6 is 0 Å². The van der Waals surface area contributed by atoms with E-state index in [4.69, 9.17) is 4.42 Å². The molecule has 2 aromatic heterocycles. The number of amides is 1. The summed E-state index contributed by atoms with van der Waals surface area (Å²) in [6.07, 6.45) is 7.02. The third-order valence-corrected chi connectivity index (χ3v) is 5.47. The number of aryl methyl sites for hydroxylation is 2. The van der Waals surface area contributed by atoms with E-state index in [1.165, 1.54) is 18.2 Å². The van der Waals surface area contributed by atoms with E-state index < -0.39 is 0 Å². The summed E-state index contributed by atoms with van der Waals surface area (Å²) in [4.78, 5) is 14.6. The molecule has 0 unspecified atom stereocenters. The van der Waals surface area contributed by atoms with E-state index >= 15 is 0 Å². The predicted octanol–water partition coefficient (Wildman–Crippen LogP) is 2.11. The molecule has 1 N–H and O–H groups in total. The summed E-state index contributed by atoms with van der Waals surface area (Å²) in [6, 6.07) is 3.73. The second-order valence-corrected chi connectivity index (χ2v) is 7.43. The molecule has 1 saturated heterocycles. The molecule has 2 aliphatic rings. The zero-order valence-corrected chi connectivity index (χ0v) is 14.3. The Morgan fingerprint density at radius 2 is 2.33 bits per heavy atom. The molecule has 2 fully saturated rings. The van der Waals surface area contributed by atoms with Gasteiger partial charge in [0.05, 0.1) is 12.0 Å². The van der Waals surface area contributed by atoms with Gasteiger partial charge < -0.3 is 9.73 Å². The fourth-order valence-electron chi connectivity index (χ4n) is 4.29. The highest BCUT2D eigenvalue weighted by Crippen LogP contribution is 2.48. The average molecular weight is 328 g/mol. The van der Waals surface area contributed by atoms with Crippen LogP contribution in [0.25, 0.3) is 0 Å².